The average molecular weight is 308 g/mol. The minimum absolute atomic E-state index is 0.0492. The summed E-state index contributed by atoms with van der Waals surface area (Å²) in [6.45, 7) is 3.40. The summed E-state index contributed by atoms with van der Waals surface area (Å²) >= 11 is 1.51. The fourth-order valence-corrected chi connectivity index (χ4v) is 3.57. The Labute approximate surface area is 130 Å². The minimum Gasteiger partial charge on any atom is -0.352 e. The molecule has 1 aromatic rings. The first-order valence-corrected chi connectivity index (χ1v) is 8.76. The molecule has 1 heterocycles. The van der Waals surface area contributed by atoms with Crippen molar-refractivity contribution in [3.63, 3.8) is 0 Å². The highest BCUT2D eigenvalue weighted by molar-refractivity contribution is 7.08. The molecule has 2 amide bonds. The molecule has 0 bridgehead atoms. The summed E-state index contributed by atoms with van der Waals surface area (Å²) in [5, 5.41) is 6.58. The smallest absolute Gasteiger partial charge is 0.252 e. The molecule has 1 N–H and O–H groups in total. The van der Waals surface area contributed by atoms with Gasteiger partial charge in [-0.1, -0.05) is 12.8 Å². The van der Waals surface area contributed by atoms with E-state index in [4.69, 9.17) is 0 Å². The van der Waals surface area contributed by atoms with Crippen LogP contribution in [0.1, 0.15) is 55.8 Å². The van der Waals surface area contributed by atoms with Crippen LogP contribution in [0.15, 0.2) is 16.8 Å². The van der Waals surface area contributed by atoms with E-state index < -0.39 is 0 Å². The summed E-state index contributed by atoms with van der Waals surface area (Å²) in [7, 11) is 0. The van der Waals surface area contributed by atoms with Gasteiger partial charge in [-0.15, -0.1) is 0 Å². The topological polar surface area (TPSA) is 49.4 Å². The fraction of sp³-hybridized carbons (Fsp3) is 0.625. The van der Waals surface area contributed by atoms with Crippen LogP contribution in [0.2, 0.25) is 0 Å². The van der Waals surface area contributed by atoms with Gasteiger partial charge in [0.1, 0.15) is 0 Å². The number of carbonyl (C=O) groups excluding carboxylic acids is 2. The van der Waals surface area contributed by atoms with Gasteiger partial charge in [-0.2, -0.15) is 11.3 Å². The van der Waals surface area contributed by atoms with E-state index in [2.05, 4.69) is 12.2 Å². The predicted octanol–water partition coefficient (Wildman–Crippen LogP) is 3.05. The zero-order valence-corrected chi connectivity index (χ0v) is 13.5. The molecule has 5 heteroatoms. The van der Waals surface area contributed by atoms with Gasteiger partial charge in [0.2, 0.25) is 5.91 Å². The maximum Gasteiger partial charge on any atom is 0.252 e. The van der Waals surface area contributed by atoms with Crippen LogP contribution in [-0.4, -0.2) is 35.8 Å². The van der Waals surface area contributed by atoms with Gasteiger partial charge in [-0.25, -0.2) is 0 Å². The Hall–Kier alpha value is -1.36. The van der Waals surface area contributed by atoms with Crippen LogP contribution in [0, 0.1) is 0 Å². The van der Waals surface area contributed by atoms with E-state index in [9.17, 15) is 9.59 Å². The molecular weight excluding hydrogens is 284 g/mol. The van der Waals surface area contributed by atoms with Crippen LogP contribution in [0.3, 0.4) is 0 Å². The van der Waals surface area contributed by atoms with Crippen molar-refractivity contribution in [2.24, 2.45) is 0 Å². The second-order valence-corrected chi connectivity index (χ2v) is 6.27. The fourth-order valence-electron chi connectivity index (χ4n) is 2.93. The summed E-state index contributed by atoms with van der Waals surface area (Å²) in [5.74, 6) is 0.182. The largest absolute Gasteiger partial charge is 0.352 e. The van der Waals surface area contributed by atoms with E-state index in [0.717, 1.165) is 19.4 Å². The maximum absolute atomic E-state index is 12.2. The van der Waals surface area contributed by atoms with Crippen molar-refractivity contribution in [1.82, 2.24) is 10.2 Å². The number of carbonyl (C=O) groups is 2. The van der Waals surface area contributed by atoms with Crippen molar-refractivity contribution >= 4 is 23.2 Å². The normalized spacial score (nSPS) is 15.1. The van der Waals surface area contributed by atoms with Crippen molar-refractivity contribution in [3.05, 3.63) is 22.4 Å². The lowest BCUT2D eigenvalue weighted by molar-refractivity contribution is -0.133. The Balaban J connectivity index is 1.67. The van der Waals surface area contributed by atoms with Gasteiger partial charge < -0.3 is 10.2 Å². The first-order chi connectivity index (χ1) is 10.2. The highest BCUT2D eigenvalue weighted by atomic mass is 32.1. The number of nitrogens with one attached hydrogen (secondary N) is 1. The molecule has 0 saturated heterocycles. The van der Waals surface area contributed by atoms with Crippen molar-refractivity contribution in [2.75, 3.05) is 13.1 Å². The van der Waals surface area contributed by atoms with Crippen LogP contribution < -0.4 is 5.32 Å². The van der Waals surface area contributed by atoms with Crippen LogP contribution in [0.5, 0.6) is 0 Å². The summed E-state index contributed by atoms with van der Waals surface area (Å²) in [6.07, 6.45) is 6.01. The quantitative estimate of drug-likeness (QED) is 0.787. The SMILES string of the molecule is CCN(C(=O)CCCNC(=O)c1ccsc1)C1CCCC1. The van der Waals surface area contributed by atoms with Gasteiger partial charge in [-0.05, 0) is 37.6 Å². The van der Waals surface area contributed by atoms with E-state index in [1.54, 1.807) is 0 Å². The van der Waals surface area contributed by atoms with Gasteiger partial charge in [0, 0.05) is 36.5 Å². The number of hydrogen-bond donors (Lipinski definition) is 1. The second kappa shape index (κ2) is 8.17. The third kappa shape index (κ3) is 4.56. The van der Waals surface area contributed by atoms with Crippen molar-refractivity contribution in [2.45, 2.75) is 51.5 Å². The van der Waals surface area contributed by atoms with Gasteiger partial charge >= 0.3 is 0 Å². The van der Waals surface area contributed by atoms with Crippen LogP contribution in [0.4, 0.5) is 0 Å². The molecule has 21 heavy (non-hydrogen) atoms. The highest BCUT2D eigenvalue weighted by Gasteiger charge is 2.24. The molecule has 0 atom stereocenters. The molecule has 1 aliphatic carbocycles. The first kappa shape index (κ1) is 16.0. The third-order valence-electron chi connectivity index (χ3n) is 4.06. The van der Waals surface area contributed by atoms with E-state index in [1.807, 2.05) is 21.7 Å². The highest BCUT2D eigenvalue weighted by Crippen LogP contribution is 2.23. The molecule has 0 aromatic carbocycles. The van der Waals surface area contributed by atoms with Gasteiger partial charge in [0.25, 0.3) is 5.91 Å². The van der Waals surface area contributed by atoms with Crippen molar-refractivity contribution < 1.29 is 9.59 Å². The van der Waals surface area contributed by atoms with Crippen LogP contribution in [-0.2, 0) is 4.79 Å². The van der Waals surface area contributed by atoms with Crippen LogP contribution in [0.25, 0.3) is 0 Å². The lowest BCUT2D eigenvalue weighted by Gasteiger charge is -2.27. The minimum atomic E-state index is -0.0492. The Kier molecular flexibility index (Phi) is 6.23. The Morgan fingerprint density at radius 1 is 1.38 bits per heavy atom. The molecular formula is C16H24N2O2S. The standard InChI is InChI=1S/C16H24N2O2S/c1-2-18(14-6-3-4-7-14)15(19)8-5-10-17-16(20)13-9-11-21-12-13/h9,11-12,14H,2-8,10H2,1H3,(H,17,20). The lowest BCUT2D eigenvalue weighted by Crippen LogP contribution is -2.38. The van der Waals surface area contributed by atoms with Crippen molar-refractivity contribution in [3.8, 4) is 0 Å². The van der Waals surface area contributed by atoms with E-state index in [-0.39, 0.29) is 11.8 Å². The van der Waals surface area contributed by atoms with Crippen LogP contribution >= 0.6 is 11.3 Å². The van der Waals surface area contributed by atoms with Gasteiger partial charge in [0.15, 0.2) is 0 Å². The molecule has 1 aliphatic rings. The summed E-state index contributed by atoms with van der Waals surface area (Å²) < 4.78 is 0. The lowest BCUT2D eigenvalue weighted by atomic mass is 10.1. The van der Waals surface area contributed by atoms with E-state index in [1.165, 1.54) is 24.2 Å². The maximum atomic E-state index is 12.2. The summed E-state index contributed by atoms with van der Waals surface area (Å²) in [5.41, 5.74) is 0.701. The number of amides is 2. The van der Waals surface area contributed by atoms with E-state index >= 15 is 0 Å². The molecule has 0 spiro atoms. The number of hydrogen-bond acceptors (Lipinski definition) is 3. The summed E-state index contributed by atoms with van der Waals surface area (Å²) in [4.78, 5) is 26.0. The number of rotatable bonds is 7. The average Bonchev–Trinajstić information content (AvgIpc) is 3.17. The molecule has 1 saturated carbocycles. The monoisotopic (exact) mass is 308 g/mol. The Bertz CT molecular complexity index is 453. The van der Waals surface area contributed by atoms with Gasteiger partial charge in [-0.3, -0.25) is 9.59 Å². The molecule has 0 unspecified atom stereocenters. The van der Waals surface area contributed by atoms with Crippen molar-refractivity contribution in [1.29, 1.82) is 0 Å². The second-order valence-electron chi connectivity index (χ2n) is 5.49. The molecule has 2 rings (SSSR count). The number of thiophene rings is 1. The molecule has 116 valence electrons. The van der Waals surface area contributed by atoms with Gasteiger partial charge in [0.05, 0.1) is 0 Å². The number of nitrogens with zero attached hydrogens (tertiary/aromatic N) is 1. The zero-order valence-electron chi connectivity index (χ0n) is 12.6. The predicted molar refractivity (Wildman–Crippen MR) is 85.5 cm³/mol. The molecule has 1 aromatic heterocycles. The Morgan fingerprint density at radius 3 is 2.76 bits per heavy atom. The molecule has 4 nitrogen and oxygen atoms in total. The molecule has 1 fully saturated rings. The molecule has 0 radical (unpaired) electrons. The molecule has 0 aliphatic heterocycles. The third-order valence-corrected chi connectivity index (χ3v) is 4.75. The van der Waals surface area contributed by atoms with E-state index in [0.29, 0.717) is 31.0 Å². The Morgan fingerprint density at radius 2 is 2.14 bits per heavy atom. The first-order valence-electron chi connectivity index (χ1n) is 7.82. The zero-order chi connectivity index (χ0) is 15.1. The summed E-state index contributed by atoms with van der Waals surface area (Å²) in [6, 6.07) is 2.26.